The van der Waals surface area contributed by atoms with E-state index in [1.807, 2.05) is 0 Å². The second-order valence-corrected chi connectivity index (χ2v) is 4.32. The maximum atomic E-state index is 11.4. The van der Waals surface area contributed by atoms with Crippen LogP contribution in [0.25, 0.3) is 0 Å². The van der Waals surface area contributed by atoms with Gasteiger partial charge in [-0.25, -0.2) is 9.59 Å². The van der Waals surface area contributed by atoms with E-state index in [4.69, 9.17) is 4.74 Å². The molecule has 0 amide bonds. The lowest BCUT2D eigenvalue weighted by Crippen LogP contribution is -2.44. The Balaban J connectivity index is 2.21. The summed E-state index contributed by atoms with van der Waals surface area (Å²) in [6.45, 7) is 3.61. The van der Waals surface area contributed by atoms with Crippen LogP contribution in [0.15, 0.2) is 23.8 Å². The zero-order valence-electron chi connectivity index (χ0n) is 9.51. The smallest absolute Gasteiger partial charge is 0.333 e. The third-order valence-corrected chi connectivity index (χ3v) is 3.14. The van der Waals surface area contributed by atoms with Crippen molar-refractivity contribution in [1.29, 1.82) is 0 Å². The van der Waals surface area contributed by atoms with Gasteiger partial charge >= 0.3 is 11.9 Å². The summed E-state index contributed by atoms with van der Waals surface area (Å²) < 4.78 is 9.71. The van der Waals surface area contributed by atoms with Gasteiger partial charge in [0.25, 0.3) is 0 Å². The van der Waals surface area contributed by atoms with Crippen molar-refractivity contribution < 1.29 is 24.2 Å². The highest BCUT2D eigenvalue weighted by atomic mass is 16.6. The Morgan fingerprint density at radius 2 is 2.29 bits per heavy atom. The van der Waals surface area contributed by atoms with E-state index >= 15 is 0 Å². The number of hydrogen-bond acceptors (Lipinski definition) is 5. The van der Waals surface area contributed by atoms with E-state index in [1.54, 1.807) is 0 Å². The number of methoxy groups -OCH3 is 1. The molecule has 1 N–H and O–H groups in total. The largest absolute Gasteiger partial charge is 0.466 e. The Hall–Kier alpha value is -1.62. The maximum Gasteiger partial charge on any atom is 0.333 e. The topological polar surface area (TPSA) is 72.8 Å². The Labute approximate surface area is 98.7 Å². The Morgan fingerprint density at radius 3 is 2.94 bits per heavy atom. The van der Waals surface area contributed by atoms with Gasteiger partial charge < -0.3 is 14.6 Å². The number of carbonyl (C=O) groups is 2. The number of aliphatic hydroxyl groups is 1. The van der Waals surface area contributed by atoms with Crippen molar-refractivity contribution >= 4 is 11.9 Å². The minimum absolute atomic E-state index is 0.102. The molecule has 0 aromatic carbocycles. The fourth-order valence-corrected chi connectivity index (χ4v) is 2.29. The van der Waals surface area contributed by atoms with Gasteiger partial charge in [-0.05, 0) is 18.9 Å². The lowest BCUT2D eigenvalue weighted by Gasteiger charge is -2.37. The second kappa shape index (κ2) is 4.33. The zero-order chi connectivity index (χ0) is 12.6. The Bertz CT molecular complexity index is 409. The number of rotatable bonds is 1. The zero-order valence-corrected chi connectivity index (χ0v) is 9.51. The van der Waals surface area contributed by atoms with Gasteiger partial charge in [0.05, 0.1) is 7.11 Å². The lowest BCUT2D eigenvalue weighted by atomic mass is 9.79. The average Bonchev–Trinajstić information content (AvgIpc) is 2.30. The molecule has 0 spiro atoms. The van der Waals surface area contributed by atoms with E-state index in [0.717, 1.165) is 0 Å². The van der Waals surface area contributed by atoms with Gasteiger partial charge in [-0.2, -0.15) is 0 Å². The first kappa shape index (κ1) is 11.9. The normalized spacial score (nSPS) is 32.4. The number of aliphatic hydroxyl groups excluding tert-OH is 1. The summed E-state index contributed by atoms with van der Waals surface area (Å²) in [5.74, 6) is -1.03. The molecule has 3 atom stereocenters. The maximum absolute atomic E-state index is 11.4. The van der Waals surface area contributed by atoms with Crippen LogP contribution in [0.4, 0.5) is 0 Å². The summed E-state index contributed by atoms with van der Waals surface area (Å²) in [4.78, 5) is 22.7. The molecule has 1 aliphatic carbocycles. The van der Waals surface area contributed by atoms with Gasteiger partial charge in [0.15, 0.2) is 0 Å². The van der Waals surface area contributed by atoms with Gasteiger partial charge in [0.1, 0.15) is 12.2 Å². The predicted octanol–water partition coefficient (Wildman–Crippen LogP) is 0.338. The van der Waals surface area contributed by atoms with Crippen LogP contribution in [-0.2, 0) is 19.1 Å². The van der Waals surface area contributed by atoms with Crippen molar-refractivity contribution in [2.45, 2.75) is 25.0 Å². The molecule has 5 nitrogen and oxygen atoms in total. The number of esters is 2. The molecule has 0 aromatic rings. The van der Waals surface area contributed by atoms with Crippen molar-refractivity contribution in [3.05, 3.63) is 23.8 Å². The van der Waals surface area contributed by atoms with E-state index < -0.39 is 24.1 Å². The SMILES string of the molecule is C=C1C[C@@H]2CC(C(=O)OC)=C[C@@H](O)[C@H]2OC1=O. The number of fused-ring (bicyclic) bond motifs is 1. The molecule has 0 aromatic heterocycles. The quantitative estimate of drug-likeness (QED) is 0.526. The van der Waals surface area contributed by atoms with Crippen LogP contribution in [0, 0.1) is 5.92 Å². The Kier molecular flexibility index (Phi) is 3.02. The summed E-state index contributed by atoms with van der Waals surface area (Å²) in [6, 6.07) is 0. The summed E-state index contributed by atoms with van der Waals surface area (Å²) in [7, 11) is 1.29. The third kappa shape index (κ3) is 2.10. The summed E-state index contributed by atoms with van der Waals surface area (Å²) in [6.07, 6.45) is 0.727. The lowest BCUT2D eigenvalue weighted by molar-refractivity contribution is -0.159. The van der Waals surface area contributed by atoms with Crippen molar-refractivity contribution in [2.24, 2.45) is 5.92 Å². The van der Waals surface area contributed by atoms with Crippen LogP contribution >= 0.6 is 0 Å². The molecular formula is C12H14O5. The minimum Gasteiger partial charge on any atom is -0.466 e. The monoisotopic (exact) mass is 238 g/mol. The molecular weight excluding hydrogens is 224 g/mol. The standard InChI is InChI=1S/C12H14O5/c1-6-3-7-4-8(12(15)16-2)5-9(13)10(7)17-11(6)14/h5,7,9-10,13H,1,3-4H2,2H3/t7-,9-,10+/m1/s1. The number of carbonyl (C=O) groups excluding carboxylic acids is 2. The molecule has 2 rings (SSSR count). The fourth-order valence-electron chi connectivity index (χ4n) is 2.29. The second-order valence-electron chi connectivity index (χ2n) is 4.32. The van der Waals surface area contributed by atoms with Gasteiger partial charge in [-0.1, -0.05) is 6.58 Å². The van der Waals surface area contributed by atoms with Gasteiger partial charge in [-0.15, -0.1) is 0 Å². The van der Waals surface area contributed by atoms with E-state index in [-0.39, 0.29) is 5.92 Å². The van der Waals surface area contributed by atoms with Crippen LogP contribution in [0.2, 0.25) is 0 Å². The molecule has 0 saturated carbocycles. The highest BCUT2D eigenvalue weighted by Crippen LogP contribution is 2.35. The first-order chi connectivity index (χ1) is 8.02. The summed E-state index contributed by atoms with van der Waals surface area (Å²) >= 11 is 0. The van der Waals surface area contributed by atoms with Crippen LogP contribution in [0.5, 0.6) is 0 Å². The first-order valence-corrected chi connectivity index (χ1v) is 5.38. The van der Waals surface area contributed by atoms with E-state index in [9.17, 15) is 14.7 Å². The molecule has 0 bridgehead atoms. The fraction of sp³-hybridized carbons (Fsp3) is 0.500. The molecule has 17 heavy (non-hydrogen) atoms. The number of ether oxygens (including phenoxy) is 2. The van der Waals surface area contributed by atoms with Crippen LogP contribution in [0.3, 0.4) is 0 Å². The average molecular weight is 238 g/mol. The molecule has 1 saturated heterocycles. The van der Waals surface area contributed by atoms with Crippen molar-refractivity contribution in [3.63, 3.8) is 0 Å². The van der Waals surface area contributed by atoms with Gasteiger partial charge in [0, 0.05) is 17.1 Å². The van der Waals surface area contributed by atoms with Gasteiger partial charge in [-0.3, -0.25) is 0 Å². The molecule has 2 aliphatic rings. The van der Waals surface area contributed by atoms with Crippen LogP contribution in [-0.4, -0.2) is 36.4 Å². The number of hydrogen-bond donors (Lipinski definition) is 1. The van der Waals surface area contributed by atoms with Crippen molar-refractivity contribution in [3.8, 4) is 0 Å². The van der Waals surface area contributed by atoms with Crippen LogP contribution in [0.1, 0.15) is 12.8 Å². The first-order valence-electron chi connectivity index (χ1n) is 5.38. The highest BCUT2D eigenvalue weighted by Gasteiger charge is 2.41. The molecule has 0 radical (unpaired) electrons. The molecule has 1 fully saturated rings. The van der Waals surface area contributed by atoms with Crippen molar-refractivity contribution in [2.75, 3.05) is 7.11 Å². The van der Waals surface area contributed by atoms with E-state index in [1.165, 1.54) is 13.2 Å². The molecule has 1 aliphatic heterocycles. The van der Waals surface area contributed by atoms with Crippen molar-refractivity contribution in [1.82, 2.24) is 0 Å². The van der Waals surface area contributed by atoms with Crippen LogP contribution < -0.4 is 0 Å². The Morgan fingerprint density at radius 1 is 1.59 bits per heavy atom. The van der Waals surface area contributed by atoms with E-state index in [2.05, 4.69) is 11.3 Å². The molecule has 0 unspecified atom stereocenters. The molecule has 92 valence electrons. The highest BCUT2D eigenvalue weighted by molar-refractivity contribution is 5.90. The minimum atomic E-state index is -0.958. The molecule has 5 heteroatoms. The third-order valence-electron chi connectivity index (χ3n) is 3.14. The van der Waals surface area contributed by atoms with Gasteiger partial charge in [0.2, 0.25) is 0 Å². The van der Waals surface area contributed by atoms with E-state index in [0.29, 0.717) is 24.0 Å². The summed E-state index contributed by atoms with van der Waals surface area (Å²) in [5.41, 5.74) is 0.802. The molecule has 1 heterocycles. The summed E-state index contributed by atoms with van der Waals surface area (Å²) in [5, 5.41) is 9.83. The predicted molar refractivity (Wildman–Crippen MR) is 57.8 cm³/mol.